The number of amides is 1. The highest BCUT2D eigenvalue weighted by Crippen LogP contribution is 2.37. The molecular weight excluding hydrogens is 334 g/mol. The van der Waals surface area contributed by atoms with Crippen molar-refractivity contribution < 1.29 is 29.3 Å². The summed E-state index contributed by atoms with van der Waals surface area (Å²) in [6.07, 6.45) is 2.18. The van der Waals surface area contributed by atoms with E-state index in [0.29, 0.717) is 25.4 Å². The zero-order valence-electron chi connectivity index (χ0n) is 14.0. The number of rotatable bonds is 10. The van der Waals surface area contributed by atoms with Gasteiger partial charge in [0, 0.05) is 5.56 Å². The van der Waals surface area contributed by atoms with Crippen LogP contribution in [0, 0.1) is 0 Å². The maximum atomic E-state index is 12.4. The Labute approximate surface area is 145 Å². The van der Waals surface area contributed by atoms with Crippen LogP contribution in [0.15, 0.2) is 12.1 Å². The first-order chi connectivity index (χ1) is 11.4. The molecule has 134 valence electrons. The Bertz CT molecular complexity index is 551. The summed E-state index contributed by atoms with van der Waals surface area (Å²) in [5.74, 6) is -1.00. The Hall–Kier alpha value is -2.09. The van der Waals surface area contributed by atoms with E-state index in [-0.39, 0.29) is 22.8 Å². The average Bonchev–Trinajstić information content (AvgIpc) is 2.54. The third kappa shape index (κ3) is 5.52. The number of phenols is 1. The van der Waals surface area contributed by atoms with Crippen molar-refractivity contribution in [2.24, 2.45) is 0 Å². The minimum atomic E-state index is -1.09. The SMILES string of the molecule is CCOc1cc(C(=O)N[C@@H](CCSC)C(=O)O)cc(OCC)c1O. The van der Waals surface area contributed by atoms with Crippen molar-refractivity contribution in [2.45, 2.75) is 26.3 Å². The molecule has 0 heterocycles. The molecule has 0 fully saturated rings. The number of carbonyl (C=O) groups is 2. The first kappa shape index (κ1) is 20.0. The van der Waals surface area contributed by atoms with Gasteiger partial charge in [-0.05, 0) is 44.4 Å². The molecule has 0 aliphatic carbocycles. The van der Waals surface area contributed by atoms with Crippen molar-refractivity contribution in [3.63, 3.8) is 0 Å². The van der Waals surface area contributed by atoms with Crippen molar-refractivity contribution in [1.82, 2.24) is 5.32 Å². The van der Waals surface area contributed by atoms with E-state index in [2.05, 4.69) is 5.32 Å². The van der Waals surface area contributed by atoms with Crippen molar-refractivity contribution in [3.05, 3.63) is 17.7 Å². The number of hydrogen-bond donors (Lipinski definition) is 3. The van der Waals surface area contributed by atoms with Crippen LogP contribution in [-0.4, -0.2) is 53.4 Å². The zero-order chi connectivity index (χ0) is 18.1. The third-order valence-corrected chi connectivity index (χ3v) is 3.76. The molecule has 3 N–H and O–H groups in total. The van der Waals surface area contributed by atoms with Gasteiger partial charge in [-0.3, -0.25) is 4.79 Å². The van der Waals surface area contributed by atoms with Gasteiger partial charge < -0.3 is 25.0 Å². The number of phenolic OH excluding ortho intramolecular Hbond substituents is 1. The van der Waals surface area contributed by atoms with E-state index in [1.54, 1.807) is 13.8 Å². The van der Waals surface area contributed by atoms with E-state index in [0.717, 1.165) is 0 Å². The summed E-state index contributed by atoms with van der Waals surface area (Å²) in [5.41, 5.74) is 0.162. The second-order valence-electron chi connectivity index (χ2n) is 4.83. The molecule has 0 saturated heterocycles. The maximum absolute atomic E-state index is 12.4. The van der Waals surface area contributed by atoms with Crippen LogP contribution in [0.25, 0.3) is 0 Å². The molecule has 1 atom stereocenters. The Morgan fingerprint density at radius 3 is 2.17 bits per heavy atom. The fraction of sp³-hybridized carbons (Fsp3) is 0.500. The lowest BCUT2D eigenvalue weighted by atomic mass is 10.1. The third-order valence-electron chi connectivity index (χ3n) is 3.12. The number of nitrogens with one attached hydrogen (secondary N) is 1. The summed E-state index contributed by atoms with van der Waals surface area (Å²) in [6.45, 7) is 4.09. The Morgan fingerprint density at radius 2 is 1.75 bits per heavy atom. The van der Waals surface area contributed by atoms with E-state index in [4.69, 9.17) is 9.47 Å². The van der Waals surface area contributed by atoms with Gasteiger partial charge in [0.1, 0.15) is 6.04 Å². The number of aromatic hydroxyl groups is 1. The molecule has 24 heavy (non-hydrogen) atoms. The van der Waals surface area contributed by atoms with Crippen LogP contribution in [0.3, 0.4) is 0 Å². The minimum Gasteiger partial charge on any atom is -0.502 e. The van der Waals surface area contributed by atoms with E-state index >= 15 is 0 Å². The largest absolute Gasteiger partial charge is 0.502 e. The molecule has 1 rings (SSSR count). The Balaban J connectivity index is 3.05. The van der Waals surface area contributed by atoms with E-state index in [1.807, 2.05) is 6.26 Å². The number of thioether (sulfide) groups is 1. The summed E-state index contributed by atoms with van der Waals surface area (Å²) in [6, 6.07) is 1.75. The molecule has 1 aromatic rings. The first-order valence-corrected chi connectivity index (χ1v) is 8.99. The van der Waals surface area contributed by atoms with Gasteiger partial charge in [-0.2, -0.15) is 11.8 Å². The number of carboxylic acid groups (broad SMARTS) is 1. The number of ether oxygens (including phenoxy) is 2. The Kier molecular flexibility index (Phi) is 8.25. The van der Waals surface area contributed by atoms with Crippen LogP contribution in [0.2, 0.25) is 0 Å². The predicted molar refractivity (Wildman–Crippen MR) is 92.3 cm³/mol. The number of hydrogen-bond acceptors (Lipinski definition) is 6. The standard InChI is InChI=1S/C16H23NO6S/c1-4-22-12-8-10(9-13(14(12)18)23-5-2)15(19)17-11(16(20)21)6-7-24-3/h8-9,11,18H,4-7H2,1-3H3,(H,17,19)(H,20,21)/t11-/m0/s1. The second kappa shape index (κ2) is 9.92. The maximum Gasteiger partial charge on any atom is 0.326 e. The van der Waals surface area contributed by atoms with Gasteiger partial charge in [0.25, 0.3) is 5.91 Å². The highest BCUT2D eigenvalue weighted by molar-refractivity contribution is 7.98. The summed E-state index contributed by atoms with van der Waals surface area (Å²) in [5, 5.41) is 21.8. The molecule has 1 amide bonds. The van der Waals surface area contributed by atoms with Crippen molar-refractivity contribution in [2.75, 3.05) is 25.2 Å². The second-order valence-corrected chi connectivity index (χ2v) is 5.82. The summed E-state index contributed by atoms with van der Waals surface area (Å²) < 4.78 is 10.6. The zero-order valence-corrected chi connectivity index (χ0v) is 14.8. The predicted octanol–water partition coefficient (Wildman–Crippen LogP) is 2.13. The average molecular weight is 357 g/mol. The van der Waals surface area contributed by atoms with Gasteiger partial charge >= 0.3 is 5.97 Å². The molecule has 1 aromatic carbocycles. The quantitative estimate of drug-likeness (QED) is 0.589. The monoisotopic (exact) mass is 357 g/mol. The molecule has 7 nitrogen and oxygen atoms in total. The van der Waals surface area contributed by atoms with Gasteiger partial charge in [0.2, 0.25) is 5.75 Å². The number of carbonyl (C=O) groups excluding carboxylic acids is 1. The highest BCUT2D eigenvalue weighted by atomic mass is 32.2. The molecule has 0 aliphatic heterocycles. The van der Waals surface area contributed by atoms with Crippen LogP contribution in [0.5, 0.6) is 17.2 Å². The number of aliphatic carboxylic acids is 1. The van der Waals surface area contributed by atoms with Crippen molar-refractivity contribution in [1.29, 1.82) is 0 Å². The lowest BCUT2D eigenvalue weighted by Crippen LogP contribution is -2.41. The van der Waals surface area contributed by atoms with E-state index in [1.165, 1.54) is 23.9 Å². The molecule has 0 aromatic heterocycles. The lowest BCUT2D eigenvalue weighted by molar-refractivity contribution is -0.139. The highest BCUT2D eigenvalue weighted by Gasteiger charge is 2.22. The number of carboxylic acids is 1. The van der Waals surface area contributed by atoms with Crippen LogP contribution in [0.4, 0.5) is 0 Å². The molecule has 0 bridgehead atoms. The fourth-order valence-corrected chi connectivity index (χ4v) is 2.45. The van der Waals surface area contributed by atoms with Crippen LogP contribution >= 0.6 is 11.8 Å². The topological polar surface area (TPSA) is 105 Å². The summed E-state index contributed by atoms with van der Waals surface area (Å²) in [4.78, 5) is 23.6. The fourth-order valence-electron chi connectivity index (χ4n) is 1.98. The van der Waals surface area contributed by atoms with Crippen molar-refractivity contribution in [3.8, 4) is 17.2 Å². The van der Waals surface area contributed by atoms with Gasteiger partial charge in [-0.25, -0.2) is 4.79 Å². The van der Waals surface area contributed by atoms with Gasteiger partial charge in [0.05, 0.1) is 13.2 Å². The molecule has 0 saturated carbocycles. The van der Waals surface area contributed by atoms with Gasteiger partial charge in [0.15, 0.2) is 11.5 Å². The molecule has 0 unspecified atom stereocenters. The summed E-state index contributed by atoms with van der Waals surface area (Å²) in [7, 11) is 0. The smallest absolute Gasteiger partial charge is 0.326 e. The number of benzene rings is 1. The van der Waals surface area contributed by atoms with Crippen LogP contribution in [-0.2, 0) is 4.79 Å². The van der Waals surface area contributed by atoms with Crippen LogP contribution < -0.4 is 14.8 Å². The van der Waals surface area contributed by atoms with Gasteiger partial charge in [-0.1, -0.05) is 0 Å². The van der Waals surface area contributed by atoms with E-state index < -0.39 is 17.9 Å². The Morgan fingerprint density at radius 1 is 1.21 bits per heavy atom. The van der Waals surface area contributed by atoms with E-state index in [9.17, 15) is 19.8 Å². The normalized spacial score (nSPS) is 11.6. The summed E-state index contributed by atoms with van der Waals surface area (Å²) >= 11 is 1.50. The molecular formula is C16H23NO6S. The lowest BCUT2D eigenvalue weighted by Gasteiger charge is -2.16. The minimum absolute atomic E-state index is 0.115. The molecule has 8 heteroatoms. The first-order valence-electron chi connectivity index (χ1n) is 7.59. The van der Waals surface area contributed by atoms with Crippen LogP contribution in [0.1, 0.15) is 30.6 Å². The van der Waals surface area contributed by atoms with Crippen molar-refractivity contribution >= 4 is 23.6 Å². The van der Waals surface area contributed by atoms with Gasteiger partial charge in [-0.15, -0.1) is 0 Å². The molecule has 0 aliphatic rings. The molecule has 0 spiro atoms. The molecule has 0 radical (unpaired) electrons.